The highest BCUT2D eigenvalue weighted by atomic mass is 16.4. The van der Waals surface area contributed by atoms with Gasteiger partial charge in [-0.15, -0.1) is 0 Å². The lowest BCUT2D eigenvalue weighted by Crippen LogP contribution is -2.45. The van der Waals surface area contributed by atoms with Crippen molar-refractivity contribution in [3.05, 3.63) is 0 Å². The fourth-order valence-electron chi connectivity index (χ4n) is 2.01. The maximum Gasteiger partial charge on any atom is 0.317 e. The van der Waals surface area contributed by atoms with Crippen molar-refractivity contribution in [3.8, 4) is 0 Å². The Kier molecular flexibility index (Phi) is 10.7. The minimum Gasteiger partial charge on any atom is -0.481 e. The molecule has 0 radical (unpaired) electrons. The molecule has 0 rings (SSSR count). The summed E-state index contributed by atoms with van der Waals surface area (Å²) in [6.45, 7) is 6.61. The molecule has 0 aliphatic carbocycles. The van der Waals surface area contributed by atoms with Gasteiger partial charge >= 0.3 is 12.0 Å². The molecule has 21 heavy (non-hydrogen) atoms. The molecule has 0 heterocycles. The molecule has 0 aromatic rings. The summed E-state index contributed by atoms with van der Waals surface area (Å²) in [6, 6.07) is -0.155. The van der Waals surface area contributed by atoms with Crippen LogP contribution < -0.4 is 5.32 Å². The number of carboxylic acid groups (broad SMARTS) is 1. The molecule has 3 N–H and O–H groups in total. The van der Waals surface area contributed by atoms with Gasteiger partial charge in [-0.05, 0) is 26.2 Å². The molecule has 2 amide bonds. The Morgan fingerprint density at radius 1 is 1.14 bits per heavy atom. The monoisotopic (exact) mass is 302 g/mol. The van der Waals surface area contributed by atoms with Gasteiger partial charge in [-0.3, -0.25) is 4.79 Å². The van der Waals surface area contributed by atoms with E-state index in [0.29, 0.717) is 19.5 Å². The smallest absolute Gasteiger partial charge is 0.317 e. The Labute approximate surface area is 127 Å². The predicted molar refractivity (Wildman–Crippen MR) is 82.2 cm³/mol. The number of urea groups is 1. The van der Waals surface area contributed by atoms with E-state index in [-0.39, 0.29) is 24.6 Å². The number of nitrogens with zero attached hydrogens (tertiary/aromatic N) is 1. The summed E-state index contributed by atoms with van der Waals surface area (Å²) < 4.78 is 0. The van der Waals surface area contributed by atoms with Gasteiger partial charge in [0.05, 0.1) is 12.5 Å². The minimum atomic E-state index is -0.777. The summed E-state index contributed by atoms with van der Waals surface area (Å²) in [7, 11) is 0. The zero-order valence-corrected chi connectivity index (χ0v) is 13.5. The van der Waals surface area contributed by atoms with Crippen LogP contribution in [0.3, 0.4) is 0 Å². The van der Waals surface area contributed by atoms with Crippen LogP contribution in [0.15, 0.2) is 0 Å². The van der Waals surface area contributed by atoms with Gasteiger partial charge in [-0.2, -0.15) is 0 Å². The number of aliphatic carboxylic acids is 1. The average Bonchev–Trinajstić information content (AvgIpc) is 2.42. The van der Waals surface area contributed by atoms with Gasteiger partial charge < -0.3 is 20.4 Å². The van der Waals surface area contributed by atoms with Crippen molar-refractivity contribution in [2.45, 2.75) is 58.9 Å². The van der Waals surface area contributed by atoms with Gasteiger partial charge in [0.1, 0.15) is 0 Å². The zero-order valence-electron chi connectivity index (χ0n) is 13.5. The van der Waals surface area contributed by atoms with Crippen molar-refractivity contribution in [3.63, 3.8) is 0 Å². The molecular weight excluding hydrogens is 272 g/mol. The molecule has 2 atom stereocenters. The topological polar surface area (TPSA) is 89.9 Å². The first-order valence-electron chi connectivity index (χ1n) is 7.81. The van der Waals surface area contributed by atoms with Crippen molar-refractivity contribution < 1.29 is 19.8 Å². The number of hydrogen-bond donors (Lipinski definition) is 3. The molecule has 0 aliphatic rings. The molecular formula is C15H30N2O4. The van der Waals surface area contributed by atoms with Gasteiger partial charge in [0.2, 0.25) is 0 Å². The number of nitrogens with one attached hydrogen (secondary N) is 1. The van der Waals surface area contributed by atoms with Crippen LogP contribution >= 0.6 is 0 Å². The van der Waals surface area contributed by atoms with Crippen LogP contribution in [0, 0.1) is 5.92 Å². The van der Waals surface area contributed by atoms with E-state index < -0.39 is 5.97 Å². The third-order valence-corrected chi connectivity index (χ3v) is 3.50. The Hall–Kier alpha value is -1.30. The van der Waals surface area contributed by atoms with Gasteiger partial charge in [0.15, 0.2) is 0 Å². The molecule has 0 aromatic heterocycles. The van der Waals surface area contributed by atoms with E-state index in [2.05, 4.69) is 12.2 Å². The largest absolute Gasteiger partial charge is 0.481 e. The van der Waals surface area contributed by atoms with Crippen LogP contribution in [0.1, 0.15) is 52.9 Å². The number of carboxylic acids is 1. The maximum absolute atomic E-state index is 12.1. The van der Waals surface area contributed by atoms with Crippen LogP contribution in [0.4, 0.5) is 4.79 Å². The van der Waals surface area contributed by atoms with E-state index in [1.807, 2.05) is 6.92 Å². The second-order valence-electron chi connectivity index (χ2n) is 5.58. The summed E-state index contributed by atoms with van der Waals surface area (Å²) in [4.78, 5) is 24.4. The van der Waals surface area contributed by atoms with Gasteiger partial charge in [0, 0.05) is 19.1 Å². The van der Waals surface area contributed by atoms with Crippen molar-refractivity contribution in [1.29, 1.82) is 0 Å². The van der Waals surface area contributed by atoms with Gasteiger partial charge in [0.25, 0.3) is 0 Å². The van der Waals surface area contributed by atoms with Crippen LogP contribution in [-0.2, 0) is 4.79 Å². The molecule has 124 valence electrons. The third-order valence-electron chi connectivity index (χ3n) is 3.50. The van der Waals surface area contributed by atoms with E-state index in [1.165, 1.54) is 0 Å². The fraction of sp³-hybridized carbons (Fsp3) is 0.867. The fourth-order valence-corrected chi connectivity index (χ4v) is 2.01. The highest BCUT2D eigenvalue weighted by molar-refractivity contribution is 5.74. The second kappa shape index (κ2) is 11.4. The molecule has 0 fully saturated rings. The lowest BCUT2D eigenvalue weighted by atomic mass is 10.0. The molecule has 0 spiro atoms. The first-order valence-corrected chi connectivity index (χ1v) is 7.81. The van der Waals surface area contributed by atoms with Crippen molar-refractivity contribution in [1.82, 2.24) is 10.2 Å². The zero-order chi connectivity index (χ0) is 16.3. The Balaban J connectivity index is 4.06. The van der Waals surface area contributed by atoms with Gasteiger partial charge in [-0.1, -0.05) is 26.7 Å². The van der Waals surface area contributed by atoms with E-state index in [0.717, 1.165) is 25.7 Å². The molecule has 0 saturated heterocycles. The normalized spacial score (nSPS) is 13.5. The SMILES string of the molecule is CCCCN(CCO)C(=O)NC(C)CCCC(C)C(=O)O. The highest BCUT2D eigenvalue weighted by Crippen LogP contribution is 2.10. The second-order valence-corrected chi connectivity index (χ2v) is 5.58. The molecule has 0 bridgehead atoms. The minimum absolute atomic E-state index is 0.00122. The van der Waals surface area contributed by atoms with E-state index >= 15 is 0 Å². The quantitative estimate of drug-likeness (QED) is 0.545. The predicted octanol–water partition coefficient (Wildman–Crippen LogP) is 2.07. The third kappa shape index (κ3) is 9.28. The van der Waals surface area contributed by atoms with E-state index in [4.69, 9.17) is 10.2 Å². The summed E-state index contributed by atoms with van der Waals surface area (Å²) in [5.41, 5.74) is 0. The maximum atomic E-state index is 12.1. The number of carbonyl (C=O) groups is 2. The Morgan fingerprint density at radius 2 is 1.81 bits per heavy atom. The molecule has 2 unspecified atom stereocenters. The highest BCUT2D eigenvalue weighted by Gasteiger charge is 2.16. The van der Waals surface area contributed by atoms with E-state index in [1.54, 1.807) is 11.8 Å². The first kappa shape index (κ1) is 19.7. The first-order chi connectivity index (χ1) is 9.92. The molecule has 0 saturated carbocycles. The van der Waals surface area contributed by atoms with Gasteiger partial charge in [-0.25, -0.2) is 4.79 Å². The molecule has 6 heteroatoms. The number of carbonyl (C=O) groups excluding carboxylic acids is 1. The number of rotatable bonds is 11. The lowest BCUT2D eigenvalue weighted by molar-refractivity contribution is -0.141. The van der Waals surface area contributed by atoms with Crippen molar-refractivity contribution >= 4 is 12.0 Å². The number of unbranched alkanes of at least 4 members (excludes halogenated alkanes) is 1. The van der Waals surface area contributed by atoms with Crippen molar-refractivity contribution in [2.24, 2.45) is 5.92 Å². The number of aliphatic hydroxyl groups is 1. The Bertz CT molecular complexity index is 310. The molecule has 0 aromatic carbocycles. The van der Waals surface area contributed by atoms with Crippen LogP contribution in [-0.4, -0.2) is 52.9 Å². The van der Waals surface area contributed by atoms with Crippen LogP contribution in [0.25, 0.3) is 0 Å². The molecule has 0 aliphatic heterocycles. The lowest BCUT2D eigenvalue weighted by Gasteiger charge is -2.24. The van der Waals surface area contributed by atoms with Crippen molar-refractivity contribution in [2.75, 3.05) is 19.7 Å². The summed E-state index contributed by atoms with van der Waals surface area (Å²) in [5, 5.41) is 20.7. The number of hydrogen-bond acceptors (Lipinski definition) is 3. The average molecular weight is 302 g/mol. The van der Waals surface area contributed by atoms with E-state index in [9.17, 15) is 9.59 Å². The van der Waals surface area contributed by atoms with Crippen LogP contribution in [0.5, 0.6) is 0 Å². The standard InChI is InChI=1S/C15H30N2O4/c1-4-5-9-17(10-11-18)15(21)16-13(3)8-6-7-12(2)14(19)20/h12-13,18H,4-11H2,1-3H3,(H,16,21)(H,19,20). The summed E-state index contributed by atoms with van der Waals surface area (Å²) in [5.74, 6) is -1.12. The number of aliphatic hydroxyl groups excluding tert-OH is 1. The summed E-state index contributed by atoms with van der Waals surface area (Å²) >= 11 is 0. The molecule has 6 nitrogen and oxygen atoms in total. The number of amides is 2. The van der Waals surface area contributed by atoms with Crippen LogP contribution in [0.2, 0.25) is 0 Å². The summed E-state index contributed by atoms with van der Waals surface area (Å²) in [6.07, 6.45) is 4.05. The Morgan fingerprint density at radius 3 is 2.33 bits per heavy atom.